The van der Waals surface area contributed by atoms with Crippen molar-refractivity contribution >= 4 is 45.3 Å². The number of halogens is 1. The largest absolute Gasteiger partial charge is 0.359 e. The van der Waals surface area contributed by atoms with E-state index in [2.05, 4.69) is 15.9 Å². The number of rotatable bonds is 2. The number of nitrogens with zero attached hydrogens (tertiary/aromatic N) is 2. The van der Waals surface area contributed by atoms with Crippen LogP contribution in [0.2, 0.25) is 0 Å². The van der Waals surface area contributed by atoms with E-state index in [1.165, 1.54) is 11.8 Å². The van der Waals surface area contributed by atoms with Gasteiger partial charge < -0.3 is 4.90 Å². The molecule has 28 heavy (non-hydrogen) atoms. The maximum absolute atomic E-state index is 13.5. The number of benzene rings is 2. The fraction of sp³-hybridized carbons (Fsp3) is 0.227. The lowest BCUT2D eigenvalue weighted by atomic mass is 9.84. The second-order valence-electron chi connectivity index (χ2n) is 7.44. The molecule has 3 heterocycles. The molecule has 3 aliphatic heterocycles. The van der Waals surface area contributed by atoms with Crippen molar-refractivity contribution in [2.24, 2.45) is 11.8 Å². The fourth-order valence-electron chi connectivity index (χ4n) is 4.89. The van der Waals surface area contributed by atoms with Crippen LogP contribution < -0.4 is 4.90 Å². The third kappa shape index (κ3) is 2.27. The molecule has 5 rings (SSSR count). The summed E-state index contributed by atoms with van der Waals surface area (Å²) >= 11 is 3.40. The second kappa shape index (κ2) is 6.14. The van der Waals surface area contributed by atoms with Gasteiger partial charge in [-0.25, -0.2) is 4.90 Å². The zero-order valence-corrected chi connectivity index (χ0v) is 16.7. The van der Waals surface area contributed by atoms with Crippen molar-refractivity contribution in [1.29, 1.82) is 0 Å². The van der Waals surface area contributed by atoms with Crippen LogP contribution in [-0.2, 0) is 14.4 Å². The number of amides is 2. The Hall–Kier alpha value is -2.73. The highest BCUT2D eigenvalue weighted by Crippen LogP contribution is 2.53. The van der Waals surface area contributed by atoms with Gasteiger partial charge in [0.15, 0.2) is 5.78 Å². The minimum absolute atomic E-state index is 0.0984. The van der Waals surface area contributed by atoms with Crippen LogP contribution in [0, 0.1) is 11.8 Å². The van der Waals surface area contributed by atoms with Crippen LogP contribution in [0.4, 0.5) is 5.69 Å². The number of Topliss-reactive ketones (excluding diaryl/α,β-unsaturated/α-hetero) is 1. The van der Waals surface area contributed by atoms with Gasteiger partial charge >= 0.3 is 0 Å². The van der Waals surface area contributed by atoms with Crippen LogP contribution >= 0.6 is 15.9 Å². The second-order valence-corrected chi connectivity index (χ2v) is 8.35. The summed E-state index contributed by atoms with van der Waals surface area (Å²) in [5.74, 6) is -1.89. The van der Waals surface area contributed by atoms with Crippen molar-refractivity contribution in [3.05, 3.63) is 70.3 Å². The smallest absolute Gasteiger partial charge is 0.240 e. The Kier molecular flexibility index (Phi) is 3.81. The number of carbonyl (C=O) groups is 3. The van der Waals surface area contributed by atoms with Crippen LogP contribution in [0.5, 0.6) is 0 Å². The summed E-state index contributed by atoms with van der Waals surface area (Å²) in [7, 11) is 0. The van der Waals surface area contributed by atoms with Crippen molar-refractivity contribution in [3.63, 3.8) is 0 Å². The molecule has 2 aromatic carbocycles. The molecule has 0 aromatic heterocycles. The maximum Gasteiger partial charge on any atom is 0.240 e. The van der Waals surface area contributed by atoms with Gasteiger partial charge in [0.1, 0.15) is 0 Å². The van der Waals surface area contributed by atoms with Crippen molar-refractivity contribution in [2.75, 3.05) is 4.90 Å². The first kappa shape index (κ1) is 17.4. The first-order valence-electron chi connectivity index (χ1n) is 9.17. The summed E-state index contributed by atoms with van der Waals surface area (Å²) < 4.78 is 0.790. The van der Waals surface area contributed by atoms with Gasteiger partial charge in [0.25, 0.3) is 0 Å². The highest BCUT2D eigenvalue weighted by atomic mass is 79.9. The molecule has 2 aromatic rings. The van der Waals surface area contributed by atoms with Crippen molar-refractivity contribution in [1.82, 2.24) is 4.90 Å². The zero-order chi connectivity index (χ0) is 19.6. The molecular formula is C22H17BrN2O3. The van der Waals surface area contributed by atoms with E-state index in [1.54, 1.807) is 18.2 Å². The highest BCUT2D eigenvalue weighted by Gasteiger charge is 2.63. The molecule has 3 aliphatic rings. The number of carbonyl (C=O) groups excluding carboxylic acids is 3. The number of fused-ring (bicyclic) bond motifs is 5. The van der Waals surface area contributed by atoms with Crippen molar-refractivity contribution in [2.45, 2.75) is 19.0 Å². The quantitative estimate of drug-likeness (QED) is 0.675. The average Bonchev–Trinajstić information content (AvgIpc) is 3.15. The van der Waals surface area contributed by atoms with E-state index in [4.69, 9.17) is 0 Å². The Morgan fingerprint density at radius 3 is 2.50 bits per heavy atom. The molecule has 0 aliphatic carbocycles. The van der Waals surface area contributed by atoms with Crippen LogP contribution in [0.25, 0.3) is 6.08 Å². The number of hydrogen-bond donors (Lipinski definition) is 0. The predicted octanol–water partition coefficient (Wildman–Crippen LogP) is 3.55. The average molecular weight is 437 g/mol. The molecule has 2 amide bonds. The molecule has 5 nitrogen and oxygen atoms in total. The monoisotopic (exact) mass is 436 g/mol. The number of hydrogen-bond acceptors (Lipinski definition) is 4. The summed E-state index contributed by atoms with van der Waals surface area (Å²) in [6.07, 6.45) is 3.81. The van der Waals surface area contributed by atoms with Gasteiger partial charge in [-0.1, -0.05) is 46.3 Å². The molecule has 6 heteroatoms. The van der Waals surface area contributed by atoms with E-state index in [0.717, 1.165) is 15.6 Å². The highest BCUT2D eigenvalue weighted by molar-refractivity contribution is 9.10. The summed E-state index contributed by atoms with van der Waals surface area (Å²) in [5.41, 5.74) is 2.54. The minimum Gasteiger partial charge on any atom is -0.359 e. The Balaban J connectivity index is 1.66. The third-order valence-corrected chi connectivity index (χ3v) is 6.44. The van der Waals surface area contributed by atoms with Gasteiger partial charge in [-0.3, -0.25) is 14.4 Å². The van der Waals surface area contributed by atoms with Gasteiger partial charge in [-0.15, -0.1) is 0 Å². The summed E-state index contributed by atoms with van der Waals surface area (Å²) in [4.78, 5) is 42.5. The Morgan fingerprint density at radius 1 is 1.00 bits per heavy atom. The van der Waals surface area contributed by atoms with Crippen LogP contribution in [0.1, 0.15) is 24.1 Å². The number of anilines is 1. The topological polar surface area (TPSA) is 57.7 Å². The third-order valence-electron chi connectivity index (χ3n) is 5.94. The predicted molar refractivity (Wildman–Crippen MR) is 108 cm³/mol. The van der Waals surface area contributed by atoms with Crippen LogP contribution in [-0.4, -0.2) is 28.5 Å². The molecule has 0 spiro atoms. The summed E-state index contributed by atoms with van der Waals surface area (Å²) in [6.45, 7) is 1.50. The van der Waals surface area contributed by atoms with Gasteiger partial charge in [0.05, 0.1) is 29.6 Å². The Labute approximate surface area is 170 Å². The van der Waals surface area contributed by atoms with Gasteiger partial charge in [-0.2, -0.15) is 0 Å². The molecule has 0 saturated carbocycles. The molecule has 4 atom stereocenters. The lowest BCUT2D eigenvalue weighted by Crippen LogP contribution is -2.43. The first-order chi connectivity index (χ1) is 13.5. The molecule has 0 bridgehead atoms. The maximum atomic E-state index is 13.5. The van der Waals surface area contributed by atoms with E-state index in [0.29, 0.717) is 5.69 Å². The summed E-state index contributed by atoms with van der Waals surface area (Å²) in [5, 5.41) is 0. The van der Waals surface area contributed by atoms with Crippen molar-refractivity contribution < 1.29 is 14.4 Å². The van der Waals surface area contributed by atoms with E-state index in [-0.39, 0.29) is 23.6 Å². The first-order valence-corrected chi connectivity index (χ1v) is 9.97. The molecule has 0 radical (unpaired) electrons. The fourth-order valence-corrected chi connectivity index (χ4v) is 5.28. The van der Waals surface area contributed by atoms with Gasteiger partial charge in [-0.05, 0) is 42.3 Å². The molecular weight excluding hydrogens is 420 g/mol. The van der Waals surface area contributed by atoms with E-state index >= 15 is 0 Å². The normalized spacial score (nSPS) is 27.6. The lowest BCUT2D eigenvalue weighted by Gasteiger charge is -2.34. The van der Waals surface area contributed by atoms with E-state index < -0.39 is 17.9 Å². The molecule has 140 valence electrons. The standard InChI is InChI=1S/C22H17BrN2O3/c1-12(26)19-17-18(20-16-8-3-2-5-13(16)9-10-24(19)20)22(28)25(21(17)27)15-7-4-6-14(23)11-15/h2-11,17-20H,1H3/t17-,18-,19-,20-/m1/s1. The van der Waals surface area contributed by atoms with E-state index in [1.807, 2.05) is 47.5 Å². The van der Waals surface area contributed by atoms with Gasteiger partial charge in [0, 0.05) is 10.7 Å². The zero-order valence-electron chi connectivity index (χ0n) is 15.1. The van der Waals surface area contributed by atoms with Crippen LogP contribution in [0.15, 0.2) is 59.2 Å². The SMILES string of the molecule is CC(=O)[C@@H]1[C@@H]2C(=O)N(c3cccc(Br)c3)C(=O)[C@H]2[C@H]2c3ccccc3C=CN12. The van der Waals surface area contributed by atoms with Gasteiger partial charge in [0.2, 0.25) is 11.8 Å². The molecule has 0 N–H and O–H groups in total. The molecule has 0 unspecified atom stereocenters. The van der Waals surface area contributed by atoms with E-state index in [9.17, 15) is 14.4 Å². The Morgan fingerprint density at radius 2 is 1.75 bits per heavy atom. The number of ketones is 1. The Bertz CT molecular complexity index is 1060. The molecule has 2 saturated heterocycles. The lowest BCUT2D eigenvalue weighted by molar-refractivity contribution is -0.129. The minimum atomic E-state index is -0.676. The number of imide groups is 1. The molecule has 2 fully saturated rings. The summed E-state index contributed by atoms with van der Waals surface area (Å²) in [6, 6.07) is 14.1. The van der Waals surface area contributed by atoms with Crippen molar-refractivity contribution in [3.8, 4) is 0 Å². The van der Waals surface area contributed by atoms with Crippen LogP contribution in [0.3, 0.4) is 0 Å².